The number of methoxy groups -OCH3 is 1. The van der Waals surface area contributed by atoms with Crippen LogP contribution in [0.2, 0.25) is 0 Å². The molecule has 1 aromatic heterocycles. The standard InChI is InChI=1S/C14H14BrNO3/c1-18-14(17)10-4-5-11(13(15)7-10)8-16-9-12-3-2-6-19-12/h2-7,16H,8-9H2,1H3. The fourth-order valence-electron chi connectivity index (χ4n) is 1.67. The number of esters is 1. The molecule has 0 saturated heterocycles. The monoisotopic (exact) mass is 323 g/mol. The summed E-state index contributed by atoms with van der Waals surface area (Å²) in [6.45, 7) is 1.35. The maximum absolute atomic E-state index is 11.4. The van der Waals surface area contributed by atoms with Crippen molar-refractivity contribution in [1.82, 2.24) is 5.32 Å². The zero-order valence-electron chi connectivity index (χ0n) is 10.5. The maximum atomic E-state index is 11.4. The Kier molecular flexibility index (Phi) is 4.76. The van der Waals surface area contributed by atoms with E-state index in [1.165, 1.54) is 7.11 Å². The molecule has 0 aliphatic rings. The number of carbonyl (C=O) groups excluding carboxylic acids is 1. The van der Waals surface area contributed by atoms with E-state index in [4.69, 9.17) is 4.42 Å². The van der Waals surface area contributed by atoms with E-state index in [0.717, 1.165) is 15.8 Å². The minimum absolute atomic E-state index is 0.337. The second kappa shape index (κ2) is 6.54. The topological polar surface area (TPSA) is 51.5 Å². The number of hydrogen-bond donors (Lipinski definition) is 1. The third-order valence-electron chi connectivity index (χ3n) is 2.67. The Balaban J connectivity index is 1.95. The molecule has 2 rings (SSSR count). The van der Waals surface area contributed by atoms with Gasteiger partial charge in [0.2, 0.25) is 0 Å². The number of benzene rings is 1. The molecule has 5 heteroatoms. The lowest BCUT2D eigenvalue weighted by atomic mass is 10.1. The van der Waals surface area contributed by atoms with Crippen LogP contribution in [0, 0.1) is 0 Å². The van der Waals surface area contributed by atoms with Crippen LogP contribution in [0.3, 0.4) is 0 Å². The molecule has 100 valence electrons. The zero-order valence-corrected chi connectivity index (χ0v) is 12.1. The van der Waals surface area contributed by atoms with Gasteiger partial charge < -0.3 is 14.5 Å². The molecule has 0 saturated carbocycles. The van der Waals surface area contributed by atoms with Crippen molar-refractivity contribution in [3.8, 4) is 0 Å². The van der Waals surface area contributed by atoms with Gasteiger partial charge in [-0.05, 0) is 29.8 Å². The number of nitrogens with one attached hydrogen (secondary N) is 1. The van der Waals surface area contributed by atoms with E-state index < -0.39 is 0 Å². The summed E-state index contributed by atoms with van der Waals surface area (Å²) in [4.78, 5) is 11.4. The summed E-state index contributed by atoms with van der Waals surface area (Å²) in [6, 6.07) is 9.18. The average Bonchev–Trinajstić information content (AvgIpc) is 2.93. The smallest absolute Gasteiger partial charge is 0.337 e. The maximum Gasteiger partial charge on any atom is 0.337 e. The van der Waals surface area contributed by atoms with Gasteiger partial charge in [0.15, 0.2) is 0 Å². The van der Waals surface area contributed by atoms with Crippen molar-refractivity contribution in [2.75, 3.05) is 7.11 Å². The van der Waals surface area contributed by atoms with Crippen LogP contribution in [-0.4, -0.2) is 13.1 Å². The highest BCUT2D eigenvalue weighted by atomic mass is 79.9. The third kappa shape index (κ3) is 3.68. The average molecular weight is 324 g/mol. The first-order valence-corrected chi connectivity index (χ1v) is 6.60. The number of furan rings is 1. The van der Waals surface area contributed by atoms with Crippen molar-refractivity contribution in [1.29, 1.82) is 0 Å². The first kappa shape index (κ1) is 13.8. The Hall–Kier alpha value is -1.59. The quantitative estimate of drug-likeness (QED) is 0.859. The first-order valence-electron chi connectivity index (χ1n) is 5.80. The van der Waals surface area contributed by atoms with E-state index in [-0.39, 0.29) is 5.97 Å². The molecule has 0 atom stereocenters. The number of rotatable bonds is 5. The van der Waals surface area contributed by atoms with E-state index >= 15 is 0 Å². The molecule has 0 aliphatic heterocycles. The molecule has 19 heavy (non-hydrogen) atoms. The van der Waals surface area contributed by atoms with Gasteiger partial charge in [0.05, 0.1) is 25.5 Å². The lowest BCUT2D eigenvalue weighted by molar-refractivity contribution is 0.0600. The largest absolute Gasteiger partial charge is 0.468 e. The van der Waals surface area contributed by atoms with Crippen LogP contribution in [0.25, 0.3) is 0 Å². The van der Waals surface area contributed by atoms with Crippen molar-refractivity contribution in [2.24, 2.45) is 0 Å². The SMILES string of the molecule is COC(=O)c1ccc(CNCc2ccco2)c(Br)c1. The number of carbonyl (C=O) groups is 1. The predicted molar refractivity (Wildman–Crippen MR) is 74.7 cm³/mol. The highest BCUT2D eigenvalue weighted by Crippen LogP contribution is 2.19. The van der Waals surface area contributed by atoms with Gasteiger partial charge in [-0.1, -0.05) is 22.0 Å². The van der Waals surface area contributed by atoms with Gasteiger partial charge in [-0.15, -0.1) is 0 Å². The normalized spacial score (nSPS) is 10.4. The molecule has 0 fully saturated rings. The molecule has 0 bridgehead atoms. The van der Waals surface area contributed by atoms with E-state index in [9.17, 15) is 4.79 Å². The second-order valence-corrected chi connectivity index (χ2v) is 4.84. The van der Waals surface area contributed by atoms with E-state index in [1.807, 2.05) is 18.2 Å². The molecule has 0 aliphatic carbocycles. The van der Waals surface area contributed by atoms with E-state index in [2.05, 4.69) is 26.0 Å². The number of halogens is 1. The summed E-state index contributed by atoms with van der Waals surface area (Å²) < 4.78 is 10.8. The molecule has 2 aromatic rings. The van der Waals surface area contributed by atoms with E-state index in [1.54, 1.807) is 18.4 Å². The van der Waals surface area contributed by atoms with Gasteiger partial charge in [-0.2, -0.15) is 0 Å². The van der Waals surface area contributed by atoms with Gasteiger partial charge in [0.25, 0.3) is 0 Å². The van der Waals surface area contributed by atoms with E-state index in [0.29, 0.717) is 18.7 Å². The molecule has 1 N–H and O–H groups in total. The summed E-state index contributed by atoms with van der Waals surface area (Å²) in [5, 5.41) is 3.27. The molecule has 1 aromatic carbocycles. The summed E-state index contributed by atoms with van der Waals surface area (Å²) >= 11 is 3.45. The Morgan fingerprint density at radius 3 is 2.84 bits per heavy atom. The summed E-state index contributed by atoms with van der Waals surface area (Å²) in [7, 11) is 1.37. The zero-order chi connectivity index (χ0) is 13.7. The van der Waals surface area contributed by atoms with Gasteiger partial charge in [-0.25, -0.2) is 4.79 Å². The molecule has 0 radical (unpaired) electrons. The molecule has 0 amide bonds. The Bertz CT molecular complexity index is 552. The minimum atomic E-state index is -0.337. The van der Waals surface area contributed by atoms with Crippen LogP contribution >= 0.6 is 15.9 Å². The molecule has 0 unspecified atom stereocenters. The van der Waals surface area contributed by atoms with Crippen molar-refractivity contribution in [3.05, 3.63) is 58.0 Å². The van der Waals surface area contributed by atoms with Crippen LogP contribution in [0.5, 0.6) is 0 Å². The summed E-state index contributed by atoms with van der Waals surface area (Å²) in [6.07, 6.45) is 1.65. The van der Waals surface area contributed by atoms with Gasteiger partial charge in [0.1, 0.15) is 5.76 Å². The molecule has 4 nitrogen and oxygen atoms in total. The molecular weight excluding hydrogens is 310 g/mol. The minimum Gasteiger partial charge on any atom is -0.468 e. The van der Waals surface area contributed by atoms with Crippen LogP contribution in [0.1, 0.15) is 21.7 Å². The Morgan fingerprint density at radius 1 is 1.37 bits per heavy atom. The molecule has 0 spiro atoms. The van der Waals surface area contributed by atoms with Gasteiger partial charge >= 0.3 is 5.97 Å². The Morgan fingerprint density at radius 2 is 2.21 bits per heavy atom. The predicted octanol–water partition coefficient (Wildman–Crippen LogP) is 3.12. The van der Waals surface area contributed by atoms with Crippen LogP contribution in [0.15, 0.2) is 45.5 Å². The van der Waals surface area contributed by atoms with Gasteiger partial charge in [-0.3, -0.25) is 0 Å². The highest BCUT2D eigenvalue weighted by Gasteiger charge is 2.08. The second-order valence-electron chi connectivity index (χ2n) is 3.98. The Labute approximate surface area is 119 Å². The number of hydrogen-bond acceptors (Lipinski definition) is 4. The van der Waals surface area contributed by atoms with Crippen LogP contribution < -0.4 is 5.32 Å². The third-order valence-corrected chi connectivity index (χ3v) is 3.41. The summed E-state index contributed by atoms with van der Waals surface area (Å²) in [5.41, 5.74) is 1.60. The van der Waals surface area contributed by atoms with Crippen molar-refractivity contribution in [3.63, 3.8) is 0 Å². The number of ether oxygens (including phenoxy) is 1. The first-order chi connectivity index (χ1) is 9.20. The van der Waals surface area contributed by atoms with Crippen LogP contribution in [-0.2, 0) is 17.8 Å². The summed E-state index contributed by atoms with van der Waals surface area (Å²) in [5.74, 6) is 0.554. The fourth-order valence-corrected chi connectivity index (χ4v) is 2.19. The van der Waals surface area contributed by atoms with Crippen molar-refractivity contribution < 1.29 is 13.9 Å². The fraction of sp³-hybridized carbons (Fsp3) is 0.214. The van der Waals surface area contributed by atoms with Gasteiger partial charge in [0, 0.05) is 11.0 Å². The van der Waals surface area contributed by atoms with Crippen molar-refractivity contribution >= 4 is 21.9 Å². The highest BCUT2D eigenvalue weighted by molar-refractivity contribution is 9.10. The van der Waals surface area contributed by atoms with Crippen molar-refractivity contribution in [2.45, 2.75) is 13.1 Å². The lowest BCUT2D eigenvalue weighted by Crippen LogP contribution is -2.13. The van der Waals surface area contributed by atoms with Crippen LogP contribution in [0.4, 0.5) is 0 Å². The lowest BCUT2D eigenvalue weighted by Gasteiger charge is -2.07. The molecular formula is C14H14BrNO3. The molecule has 1 heterocycles.